The van der Waals surface area contributed by atoms with Crippen LogP contribution in [-0.4, -0.2) is 15.7 Å². The molecular weight excluding hydrogens is 377 g/mol. The molecule has 0 bridgehead atoms. The van der Waals surface area contributed by atoms with E-state index in [1.54, 1.807) is 6.92 Å². The van der Waals surface area contributed by atoms with E-state index in [0.717, 1.165) is 42.2 Å². The first kappa shape index (κ1) is 19.4. The second-order valence-electron chi connectivity index (χ2n) is 6.77. The van der Waals surface area contributed by atoms with E-state index in [1.807, 2.05) is 0 Å². The molecule has 0 aliphatic heterocycles. The molecule has 2 aromatic rings. The second kappa shape index (κ2) is 7.35. The Hall–Kier alpha value is -2.34. The van der Waals surface area contributed by atoms with E-state index in [-0.39, 0.29) is 12.5 Å². The van der Waals surface area contributed by atoms with E-state index in [9.17, 15) is 23.2 Å². The van der Waals surface area contributed by atoms with Gasteiger partial charge in [0.15, 0.2) is 5.69 Å². The number of aromatic nitrogens is 2. The Bertz CT molecular complexity index is 907. The molecule has 0 saturated carbocycles. The summed E-state index contributed by atoms with van der Waals surface area (Å²) in [6, 6.07) is 3.14. The zero-order valence-electron chi connectivity index (χ0n) is 15.0. The summed E-state index contributed by atoms with van der Waals surface area (Å²) in [6.07, 6.45) is -0.663. The van der Waals surface area contributed by atoms with Gasteiger partial charge in [-0.1, -0.05) is 6.92 Å². The molecule has 1 amide bonds. The number of carbonyl (C=O) groups excluding carboxylic acids is 1. The number of aryl methyl sites for hydroxylation is 2. The molecule has 3 rings (SSSR count). The number of carbonyl (C=O) groups is 1. The molecule has 0 spiro atoms. The average molecular weight is 396 g/mol. The molecular formula is C18H19F3N4OS. The van der Waals surface area contributed by atoms with Crippen LogP contribution in [0, 0.1) is 24.2 Å². The summed E-state index contributed by atoms with van der Waals surface area (Å²) in [5.41, 5.74) is 0.913. The Balaban J connectivity index is 1.73. The van der Waals surface area contributed by atoms with Crippen molar-refractivity contribution in [3.63, 3.8) is 0 Å². The number of thiophene rings is 1. The lowest BCUT2D eigenvalue weighted by atomic mass is 9.96. The molecule has 1 aliphatic rings. The minimum absolute atomic E-state index is 0.0285. The van der Waals surface area contributed by atoms with Crippen LogP contribution >= 0.6 is 11.3 Å². The minimum atomic E-state index is -4.51. The Labute approximate surface area is 158 Å². The summed E-state index contributed by atoms with van der Waals surface area (Å²) in [6.45, 7) is 3.18. The maximum absolute atomic E-state index is 12.8. The molecule has 2 aromatic heterocycles. The molecule has 1 aliphatic carbocycles. The third-order valence-corrected chi connectivity index (χ3v) is 5.89. The largest absolute Gasteiger partial charge is 0.435 e. The molecule has 2 heterocycles. The van der Waals surface area contributed by atoms with Gasteiger partial charge in [0.05, 0.1) is 18.0 Å². The summed E-state index contributed by atoms with van der Waals surface area (Å²) < 4.78 is 39.5. The number of amides is 1. The molecule has 1 unspecified atom stereocenters. The maximum atomic E-state index is 12.8. The number of nitrogens with one attached hydrogen (secondary N) is 1. The predicted molar refractivity (Wildman–Crippen MR) is 95.4 cm³/mol. The number of anilines is 1. The molecule has 27 heavy (non-hydrogen) atoms. The van der Waals surface area contributed by atoms with Crippen molar-refractivity contribution in [2.45, 2.75) is 52.3 Å². The fraction of sp³-hybridized carbons (Fsp3) is 0.500. The molecule has 5 nitrogen and oxygen atoms in total. The average Bonchev–Trinajstić information content (AvgIpc) is 3.14. The molecule has 0 saturated heterocycles. The van der Waals surface area contributed by atoms with Gasteiger partial charge in [-0.3, -0.25) is 9.48 Å². The number of fused-ring (bicyclic) bond motifs is 1. The zero-order valence-corrected chi connectivity index (χ0v) is 15.8. The monoisotopic (exact) mass is 396 g/mol. The highest BCUT2D eigenvalue weighted by molar-refractivity contribution is 7.16. The van der Waals surface area contributed by atoms with Crippen LogP contribution in [0.3, 0.4) is 0 Å². The summed E-state index contributed by atoms with van der Waals surface area (Å²) in [7, 11) is 0. The topological polar surface area (TPSA) is 70.7 Å². The molecule has 0 radical (unpaired) electrons. The van der Waals surface area contributed by atoms with Gasteiger partial charge in [-0.25, -0.2) is 0 Å². The van der Waals surface area contributed by atoms with E-state index in [1.165, 1.54) is 22.9 Å². The summed E-state index contributed by atoms with van der Waals surface area (Å²) in [5, 5.41) is 16.3. The van der Waals surface area contributed by atoms with E-state index in [2.05, 4.69) is 16.5 Å². The Morgan fingerprint density at radius 1 is 1.44 bits per heavy atom. The van der Waals surface area contributed by atoms with Crippen LogP contribution in [0.25, 0.3) is 0 Å². The first-order chi connectivity index (χ1) is 12.7. The van der Waals surface area contributed by atoms with Gasteiger partial charge in [-0.2, -0.15) is 23.5 Å². The Kier molecular flexibility index (Phi) is 5.29. The fourth-order valence-corrected chi connectivity index (χ4v) is 4.43. The quantitative estimate of drug-likeness (QED) is 0.838. The molecule has 1 atom stereocenters. The van der Waals surface area contributed by atoms with E-state index in [4.69, 9.17) is 0 Å². The lowest BCUT2D eigenvalue weighted by Crippen LogP contribution is -2.25. The van der Waals surface area contributed by atoms with Crippen molar-refractivity contribution in [1.29, 1.82) is 5.26 Å². The number of hydrogen-bond acceptors (Lipinski definition) is 4. The predicted octanol–water partition coefficient (Wildman–Crippen LogP) is 4.30. The SMILES string of the molecule is Cc1cc(C(F)(F)F)nn1CC(C)C(=O)Nc1sc2c(c1C#N)CCCC2. The Morgan fingerprint density at radius 2 is 2.15 bits per heavy atom. The van der Waals surface area contributed by atoms with Crippen LogP contribution in [-0.2, 0) is 30.4 Å². The van der Waals surface area contributed by atoms with E-state index >= 15 is 0 Å². The van der Waals surface area contributed by atoms with Crippen LogP contribution in [0.15, 0.2) is 6.07 Å². The first-order valence-electron chi connectivity index (χ1n) is 8.68. The van der Waals surface area contributed by atoms with E-state index in [0.29, 0.717) is 16.3 Å². The third-order valence-electron chi connectivity index (χ3n) is 4.69. The summed E-state index contributed by atoms with van der Waals surface area (Å²) >= 11 is 1.42. The summed E-state index contributed by atoms with van der Waals surface area (Å²) in [5.74, 6) is -0.941. The van der Waals surface area contributed by atoms with Gasteiger partial charge in [0.2, 0.25) is 5.91 Å². The van der Waals surface area contributed by atoms with Gasteiger partial charge in [-0.15, -0.1) is 11.3 Å². The lowest BCUT2D eigenvalue weighted by molar-refractivity contribution is -0.141. The highest BCUT2D eigenvalue weighted by atomic mass is 32.1. The minimum Gasteiger partial charge on any atom is -0.316 e. The van der Waals surface area contributed by atoms with Crippen molar-refractivity contribution in [1.82, 2.24) is 9.78 Å². The van der Waals surface area contributed by atoms with Crippen LogP contribution < -0.4 is 5.32 Å². The van der Waals surface area contributed by atoms with E-state index < -0.39 is 17.8 Å². The summed E-state index contributed by atoms with van der Waals surface area (Å²) in [4.78, 5) is 13.7. The van der Waals surface area contributed by atoms with Crippen molar-refractivity contribution < 1.29 is 18.0 Å². The van der Waals surface area contributed by atoms with Gasteiger partial charge in [0.25, 0.3) is 0 Å². The van der Waals surface area contributed by atoms with Gasteiger partial charge in [-0.05, 0) is 44.2 Å². The fourth-order valence-electron chi connectivity index (χ4n) is 3.18. The van der Waals surface area contributed by atoms with Crippen molar-refractivity contribution >= 4 is 22.2 Å². The number of nitrogens with zero attached hydrogens (tertiary/aromatic N) is 3. The first-order valence-corrected chi connectivity index (χ1v) is 9.49. The maximum Gasteiger partial charge on any atom is 0.435 e. The number of rotatable bonds is 4. The third kappa shape index (κ3) is 4.00. The molecule has 0 fully saturated rings. The van der Waals surface area contributed by atoms with Crippen molar-refractivity contribution in [2.24, 2.45) is 5.92 Å². The van der Waals surface area contributed by atoms with Crippen LogP contribution in [0.2, 0.25) is 0 Å². The standard InChI is InChI=1S/C18H19F3N4OS/c1-10(9-25-11(2)7-15(24-25)18(19,20)21)16(26)23-17-13(8-22)12-5-3-4-6-14(12)27-17/h7,10H,3-6,9H2,1-2H3,(H,23,26). The zero-order chi connectivity index (χ0) is 19.8. The van der Waals surface area contributed by atoms with Gasteiger partial charge in [0.1, 0.15) is 11.1 Å². The van der Waals surface area contributed by atoms with Crippen LogP contribution in [0.1, 0.15) is 47.2 Å². The second-order valence-corrected chi connectivity index (χ2v) is 7.87. The van der Waals surface area contributed by atoms with Crippen molar-refractivity contribution in [2.75, 3.05) is 5.32 Å². The number of halogens is 3. The lowest BCUT2D eigenvalue weighted by Gasteiger charge is -2.13. The molecule has 9 heteroatoms. The molecule has 0 aromatic carbocycles. The molecule has 1 N–H and O–H groups in total. The highest BCUT2D eigenvalue weighted by Gasteiger charge is 2.34. The van der Waals surface area contributed by atoms with Crippen LogP contribution in [0.4, 0.5) is 18.2 Å². The number of alkyl halides is 3. The highest BCUT2D eigenvalue weighted by Crippen LogP contribution is 2.37. The van der Waals surface area contributed by atoms with Crippen molar-refractivity contribution in [3.8, 4) is 6.07 Å². The number of nitriles is 1. The normalized spacial score (nSPS) is 15.1. The van der Waals surface area contributed by atoms with Crippen LogP contribution in [0.5, 0.6) is 0 Å². The van der Waals surface area contributed by atoms with Crippen molar-refractivity contribution in [3.05, 3.63) is 33.5 Å². The number of hydrogen-bond donors (Lipinski definition) is 1. The Morgan fingerprint density at radius 3 is 2.78 bits per heavy atom. The van der Waals surface area contributed by atoms with Gasteiger partial charge in [0, 0.05) is 10.6 Å². The van der Waals surface area contributed by atoms with Gasteiger partial charge < -0.3 is 5.32 Å². The van der Waals surface area contributed by atoms with Gasteiger partial charge >= 0.3 is 6.18 Å². The smallest absolute Gasteiger partial charge is 0.316 e. The molecule has 144 valence electrons.